The van der Waals surface area contributed by atoms with Crippen molar-refractivity contribution < 1.29 is 18.0 Å². The summed E-state index contributed by atoms with van der Waals surface area (Å²) in [7, 11) is -3.23. The molecule has 1 saturated heterocycles. The van der Waals surface area contributed by atoms with Gasteiger partial charge in [0.1, 0.15) is 0 Å². The van der Waals surface area contributed by atoms with Crippen LogP contribution in [0.25, 0.3) is 0 Å². The molecule has 8 heteroatoms. The molecular formula is C15H23N3O4S. The van der Waals surface area contributed by atoms with Gasteiger partial charge in [-0.3, -0.25) is 9.59 Å². The number of nitrogens with one attached hydrogen (secondary N) is 1. The quantitative estimate of drug-likeness (QED) is 0.701. The van der Waals surface area contributed by atoms with Gasteiger partial charge in [0.15, 0.2) is 0 Å². The predicted octanol–water partition coefficient (Wildman–Crippen LogP) is -0.461. The van der Waals surface area contributed by atoms with Crippen LogP contribution in [0.15, 0.2) is 0 Å². The number of hydrogen-bond donors (Lipinski definition) is 1. The first-order valence-electron chi connectivity index (χ1n) is 8.47. The molecular weight excluding hydrogens is 318 g/mol. The van der Waals surface area contributed by atoms with Gasteiger partial charge in [0.2, 0.25) is 10.0 Å². The largest absolute Gasteiger partial charge is 0.345 e. The van der Waals surface area contributed by atoms with E-state index in [4.69, 9.17) is 0 Å². The number of hydrogen-bond acceptors (Lipinski definition) is 4. The second kappa shape index (κ2) is 5.17. The Labute approximate surface area is 136 Å². The summed E-state index contributed by atoms with van der Waals surface area (Å²) in [5.74, 6) is -0.495. The first kappa shape index (κ1) is 15.4. The molecule has 4 rings (SSSR count). The maximum Gasteiger partial charge on any atom is 0.311 e. The number of carbonyl (C=O) groups is 2. The summed E-state index contributed by atoms with van der Waals surface area (Å²) in [5.41, 5.74) is 0.381. The standard InChI is InChI=1S/C15H23N3O4S/c19-13(16-12-1-2-12)14(20)17-5-7-18(8-6-17)23(21,22)10-11-9-15(11)3-4-15/h11-12H,1-10H2,(H,16,19). The average Bonchev–Trinajstić information content (AvgIpc) is 3.39. The second-order valence-electron chi connectivity index (χ2n) is 7.48. The molecule has 0 aromatic heterocycles. The summed E-state index contributed by atoms with van der Waals surface area (Å²) in [4.78, 5) is 25.3. The molecule has 4 aliphatic rings. The molecule has 0 radical (unpaired) electrons. The maximum atomic E-state index is 12.5. The van der Waals surface area contributed by atoms with E-state index < -0.39 is 21.8 Å². The van der Waals surface area contributed by atoms with Gasteiger partial charge in [0.25, 0.3) is 0 Å². The van der Waals surface area contributed by atoms with E-state index in [1.165, 1.54) is 22.0 Å². The van der Waals surface area contributed by atoms with Gasteiger partial charge in [0.05, 0.1) is 5.75 Å². The summed E-state index contributed by atoms with van der Waals surface area (Å²) in [6.07, 6.45) is 5.31. The normalized spacial score (nSPS) is 29.4. The number of rotatable bonds is 4. The Morgan fingerprint density at radius 1 is 1.09 bits per heavy atom. The highest BCUT2D eigenvalue weighted by Crippen LogP contribution is 2.70. The SMILES string of the molecule is O=C(NC1CC1)C(=O)N1CCN(S(=O)(=O)CC2CC23CC3)CC1. The van der Waals surface area contributed by atoms with Crippen LogP contribution >= 0.6 is 0 Å². The van der Waals surface area contributed by atoms with E-state index in [0.717, 1.165) is 19.3 Å². The summed E-state index contributed by atoms with van der Waals surface area (Å²) in [6.45, 7) is 1.19. The zero-order chi connectivity index (χ0) is 16.2. The summed E-state index contributed by atoms with van der Waals surface area (Å²) >= 11 is 0. The van der Waals surface area contributed by atoms with Crippen molar-refractivity contribution >= 4 is 21.8 Å². The minimum absolute atomic E-state index is 0.154. The molecule has 3 saturated carbocycles. The smallest absolute Gasteiger partial charge is 0.311 e. The van der Waals surface area contributed by atoms with E-state index in [9.17, 15) is 18.0 Å². The highest BCUT2D eigenvalue weighted by atomic mass is 32.2. The molecule has 1 unspecified atom stereocenters. The molecule has 4 fully saturated rings. The highest BCUT2D eigenvalue weighted by molar-refractivity contribution is 7.89. The Hall–Kier alpha value is -1.15. The van der Waals surface area contributed by atoms with E-state index in [0.29, 0.717) is 37.5 Å². The van der Waals surface area contributed by atoms with Crippen molar-refractivity contribution in [2.24, 2.45) is 11.3 Å². The van der Waals surface area contributed by atoms with Crippen molar-refractivity contribution in [1.82, 2.24) is 14.5 Å². The molecule has 23 heavy (non-hydrogen) atoms. The lowest BCUT2D eigenvalue weighted by molar-refractivity contribution is -0.146. The Balaban J connectivity index is 1.28. The number of nitrogens with zero attached hydrogens (tertiary/aromatic N) is 2. The number of sulfonamides is 1. The topological polar surface area (TPSA) is 86.8 Å². The van der Waals surface area contributed by atoms with Crippen molar-refractivity contribution in [1.29, 1.82) is 0 Å². The molecule has 1 aliphatic heterocycles. The van der Waals surface area contributed by atoms with E-state index in [1.807, 2.05) is 0 Å². The first-order chi connectivity index (χ1) is 10.9. The minimum atomic E-state index is -3.23. The van der Waals surface area contributed by atoms with Crippen LogP contribution in [0.2, 0.25) is 0 Å². The molecule has 128 valence electrons. The molecule has 0 bridgehead atoms. The zero-order valence-corrected chi connectivity index (χ0v) is 14.0. The molecule has 3 aliphatic carbocycles. The van der Waals surface area contributed by atoms with Crippen molar-refractivity contribution in [2.45, 2.75) is 38.1 Å². The fourth-order valence-electron chi connectivity index (χ4n) is 3.59. The van der Waals surface area contributed by atoms with E-state index in [2.05, 4.69) is 5.32 Å². The fourth-order valence-corrected chi connectivity index (χ4v) is 5.50. The number of carbonyl (C=O) groups excluding carboxylic acids is 2. The van der Waals surface area contributed by atoms with Gasteiger partial charge in [-0.25, -0.2) is 8.42 Å². The molecule has 0 aromatic rings. The third-order valence-corrected chi connectivity index (χ3v) is 7.66. The molecule has 7 nitrogen and oxygen atoms in total. The van der Waals surface area contributed by atoms with E-state index in [-0.39, 0.29) is 11.8 Å². The van der Waals surface area contributed by atoms with Gasteiger partial charge >= 0.3 is 11.8 Å². The van der Waals surface area contributed by atoms with Crippen LogP contribution in [-0.2, 0) is 19.6 Å². The summed E-state index contributed by atoms with van der Waals surface area (Å²) < 4.78 is 26.4. The third kappa shape index (κ3) is 3.10. The van der Waals surface area contributed by atoms with Crippen molar-refractivity contribution in [2.75, 3.05) is 31.9 Å². The van der Waals surface area contributed by atoms with Crippen LogP contribution in [0.3, 0.4) is 0 Å². The Morgan fingerprint density at radius 3 is 2.26 bits per heavy atom. The molecule has 1 atom stereocenters. The second-order valence-corrected chi connectivity index (χ2v) is 9.49. The van der Waals surface area contributed by atoms with E-state index >= 15 is 0 Å². The van der Waals surface area contributed by atoms with Gasteiger partial charge < -0.3 is 10.2 Å². The molecule has 1 spiro atoms. The van der Waals surface area contributed by atoms with Gasteiger partial charge in [0, 0.05) is 32.2 Å². The van der Waals surface area contributed by atoms with Crippen LogP contribution in [0.4, 0.5) is 0 Å². The van der Waals surface area contributed by atoms with E-state index in [1.54, 1.807) is 0 Å². The van der Waals surface area contributed by atoms with Crippen LogP contribution in [0, 0.1) is 11.3 Å². The fraction of sp³-hybridized carbons (Fsp3) is 0.867. The van der Waals surface area contributed by atoms with Crippen molar-refractivity contribution in [3.05, 3.63) is 0 Å². The zero-order valence-electron chi connectivity index (χ0n) is 13.2. The predicted molar refractivity (Wildman–Crippen MR) is 82.9 cm³/mol. The minimum Gasteiger partial charge on any atom is -0.345 e. The van der Waals surface area contributed by atoms with Gasteiger partial charge in [-0.1, -0.05) is 0 Å². The molecule has 1 N–H and O–H groups in total. The Bertz CT molecular complexity index is 631. The number of piperazine rings is 1. The lowest BCUT2D eigenvalue weighted by Gasteiger charge is -2.33. The summed E-state index contributed by atoms with van der Waals surface area (Å²) in [5, 5.41) is 2.68. The Kier molecular flexibility index (Phi) is 3.46. The Morgan fingerprint density at radius 2 is 1.74 bits per heavy atom. The van der Waals surface area contributed by atoms with Crippen LogP contribution in [0.5, 0.6) is 0 Å². The van der Waals surface area contributed by atoms with Gasteiger partial charge in [-0.15, -0.1) is 0 Å². The van der Waals surface area contributed by atoms with Gasteiger partial charge in [-0.2, -0.15) is 4.31 Å². The third-order valence-electron chi connectivity index (χ3n) is 5.69. The summed E-state index contributed by atoms with van der Waals surface area (Å²) in [6, 6.07) is 0.154. The number of amides is 2. The van der Waals surface area contributed by atoms with Gasteiger partial charge in [-0.05, 0) is 43.4 Å². The average molecular weight is 341 g/mol. The maximum absolute atomic E-state index is 12.5. The molecule has 0 aromatic carbocycles. The van der Waals surface area contributed by atoms with Crippen LogP contribution in [-0.4, -0.2) is 67.4 Å². The van der Waals surface area contributed by atoms with Crippen LogP contribution < -0.4 is 5.32 Å². The first-order valence-corrected chi connectivity index (χ1v) is 10.1. The van der Waals surface area contributed by atoms with Crippen LogP contribution in [0.1, 0.15) is 32.1 Å². The molecule has 1 heterocycles. The van der Waals surface area contributed by atoms with Crippen molar-refractivity contribution in [3.8, 4) is 0 Å². The monoisotopic (exact) mass is 341 g/mol. The van der Waals surface area contributed by atoms with Crippen molar-refractivity contribution in [3.63, 3.8) is 0 Å². The lowest BCUT2D eigenvalue weighted by Crippen LogP contribution is -2.54. The highest BCUT2D eigenvalue weighted by Gasteiger charge is 2.63. The molecule has 2 amide bonds. The lowest BCUT2D eigenvalue weighted by atomic mass is 10.3.